The van der Waals surface area contributed by atoms with Crippen molar-refractivity contribution >= 4 is 21.7 Å². The Balaban J connectivity index is 2.39. The van der Waals surface area contributed by atoms with Crippen molar-refractivity contribution in [3.63, 3.8) is 0 Å². The minimum absolute atomic E-state index is 0.0242. The van der Waals surface area contributed by atoms with Gasteiger partial charge in [0.25, 0.3) is 0 Å². The van der Waals surface area contributed by atoms with Gasteiger partial charge in [-0.25, -0.2) is 9.18 Å². The molecule has 4 atom stereocenters. The van der Waals surface area contributed by atoms with E-state index < -0.39 is 36.9 Å². The SMILES string of the molecule is Nc1nc(=O)n([C@@H]2O[C@H](CO)[C@H](O)[C@@H]2F)cc1Br. The maximum Gasteiger partial charge on any atom is 0.351 e. The maximum absolute atomic E-state index is 13.8. The van der Waals surface area contributed by atoms with Gasteiger partial charge in [-0.3, -0.25) is 4.57 Å². The number of nitrogens with zero attached hydrogens (tertiary/aromatic N) is 2. The van der Waals surface area contributed by atoms with Crippen molar-refractivity contribution in [1.29, 1.82) is 0 Å². The maximum atomic E-state index is 13.8. The Labute approximate surface area is 109 Å². The fraction of sp³-hybridized carbons (Fsp3) is 0.556. The molecular weight excluding hydrogens is 313 g/mol. The number of nitrogen functional groups attached to an aromatic ring is 1. The Morgan fingerprint density at radius 1 is 1.67 bits per heavy atom. The molecule has 9 heteroatoms. The van der Waals surface area contributed by atoms with E-state index in [4.69, 9.17) is 15.6 Å². The van der Waals surface area contributed by atoms with Crippen LogP contribution in [0, 0.1) is 0 Å². The van der Waals surface area contributed by atoms with E-state index in [2.05, 4.69) is 20.9 Å². The van der Waals surface area contributed by atoms with Gasteiger partial charge in [-0.15, -0.1) is 0 Å². The number of aromatic nitrogens is 2. The summed E-state index contributed by atoms with van der Waals surface area (Å²) >= 11 is 3.06. The van der Waals surface area contributed by atoms with Crippen LogP contribution in [0.3, 0.4) is 0 Å². The molecular formula is C9H11BrFN3O4. The van der Waals surface area contributed by atoms with Gasteiger partial charge >= 0.3 is 5.69 Å². The summed E-state index contributed by atoms with van der Waals surface area (Å²) in [6.45, 7) is -0.545. The second kappa shape index (κ2) is 4.92. The summed E-state index contributed by atoms with van der Waals surface area (Å²) in [6.07, 6.45) is -4.52. The summed E-state index contributed by atoms with van der Waals surface area (Å²) in [7, 11) is 0. The van der Waals surface area contributed by atoms with Gasteiger partial charge < -0.3 is 20.7 Å². The normalized spacial score (nSPS) is 31.8. The van der Waals surface area contributed by atoms with Crippen LogP contribution in [0.2, 0.25) is 0 Å². The predicted octanol–water partition coefficient (Wildman–Crippen LogP) is -0.823. The second-order valence-corrected chi connectivity index (χ2v) is 4.70. The van der Waals surface area contributed by atoms with Crippen LogP contribution >= 0.6 is 15.9 Å². The highest BCUT2D eigenvalue weighted by molar-refractivity contribution is 9.10. The molecule has 0 aliphatic carbocycles. The Bertz CT molecular complexity index is 511. The van der Waals surface area contributed by atoms with Crippen molar-refractivity contribution in [2.24, 2.45) is 0 Å². The van der Waals surface area contributed by atoms with Crippen molar-refractivity contribution < 1.29 is 19.3 Å². The molecule has 1 saturated heterocycles. The van der Waals surface area contributed by atoms with E-state index in [1.165, 1.54) is 6.20 Å². The summed E-state index contributed by atoms with van der Waals surface area (Å²) in [5, 5.41) is 18.4. The highest BCUT2D eigenvalue weighted by atomic mass is 79.9. The van der Waals surface area contributed by atoms with Crippen LogP contribution < -0.4 is 11.4 Å². The Morgan fingerprint density at radius 3 is 2.89 bits per heavy atom. The van der Waals surface area contributed by atoms with Crippen molar-refractivity contribution in [3.05, 3.63) is 21.2 Å². The first-order valence-electron chi connectivity index (χ1n) is 5.08. The minimum Gasteiger partial charge on any atom is -0.394 e. The Morgan fingerprint density at radius 2 is 2.33 bits per heavy atom. The second-order valence-electron chi connectivity index (χ2n) is 3.85. The summed E-state index contributed by atoms with van der Waals surface area (Å²) in [5.41, 5.74) is 4.61. The first-order chi connectivity index (χ1) is 8.45. The molecule has 1 aliphatic rings. The van der Waals surface area contributed by atoms with Crippen LogP contribution in [0.5, 0.6) is 0 Å². The monoisotopic (exact) mass is 323 g/mol. The molecule has 1 aromatic rings. The van der Waals surface area contributed by atoms with Gasteiger partial charge in [0.05, 0.1) is 11.1 Å². The molecule has 1 fully saturated rings. The molecule has 1 aromatic heterocycles. The van der Waals surface area contributed by atoms with Crippen molar-refractivity contribution in [2.45, 2.75) is 24.6 Å². The lowest BCUT2D eigenvalue weighted by atomic mass is 10.1. The van der Waals surface area contributed by atoms with Gasteiger partial charge in [0.1, 0.15) is 18.0 Å². The third-order valence-electron chi connectivity index (χ3n) is 2.68. The number of ether oxygens (including phenoxy) is 1. The van der Waals surface area contributed by atoms with Gasteiger partial charge in [-0.2, -0.15) is 4.98 Å². The first kappa shape index (κ1) is 13.4. The number of anilines is 1. The molecule has 2 rings (SSSR count). The van der Waals surface area contributed by atoms with E-state index in [1.807, 2.05) is 0 Å². The van der Waals surface area contributed by atoms with Crippen LogP contribution in [0.1, 0.15) is 6.23 Å². The summed E-state index contributed by atoms with van der Waals surface area (Å²) < 4.78 is 20.1. The molecule has 0 saturated carbocycles. The molecule has 18 heavy (non-hydrogen) atoms. The molecule has 0 aromatic carbocycles. The predicted molar refractivity (Wildman–Crippen MR) is 62.5 cm³/mol. The smallest absolute Gasteiger partial charge is 0.351 e. The van der Waals surface area contributed by atoms with Crippen molar-refractivity contribution in [3.8, 4) is 0 Å². The quantitative estimate of drug-likeness (QED) is 0.655. The average molecular weight is 324 g/mol. The Hall–Kier alpha value is -1.03. The van der Waals surface area contributed by atoms with E-state index in [-0.39, 0.29) is 5.82 Å². The van der Waals surface area contributed by atoms with E-state index >= 15 is 0 Å². The fourth-order valence-electron chi connectivity index (χ4n) is 1.72. The lowest BCUT2D eigenvalue weighted by Gasteiger charge is -2.16. The largest absolute Gasteiger partial charge is 0.394 e. The number of hydrogen-bond acceptors (Lipinski definition) is 6. The molecule has 2 heterocycles. The van der Waals surface area contributed by atoms with Crippen LogP contribution in [0.25, 0.3) is 0 Å². The Kier molecular flexibility index (Phi) is 3.66. The number of aliphatic hydroxyl groups is 2. The number of aliphatic hydroxyl groups excluding tert-OH is 2. The third-order valence-corrected chi connectivity index (χ3v) is 3.29. The standard InChI is InChI=1S/C9H11BrFN3O4/c10-3-1-14(9(17)13-7(3)12)8-5(11)6(16)4(2-15)18-8/h1,4-6,8,15-16H,2H2,(H2,12,13,17)/t4-,5+,6+,8-/m1/s1. The summed E-state index contributed by atoms with van der Waals surface area (Å²) in [6, 6.07) is 0. The number of rotatable bonds is 2. The van der Waals surface area contributed by atoms with Gasteiger partial charge in [-0.1, -0.05) is 0 Å². The molecule has 0 unspecified atom stereocenters. The average Bonchev–Trinajstić information content (AvgIpc) is 2.61. The number of nitrogens with two attached hydrogens (primary N) is 1. The molecule has 100 valence electrons. The lowest BCUT2D eigenvalue weighted by Crippen LogP contribution is -2.33. The number of hydrogen-bond donors (Lipinski definition) is 3. The molecule has 0 spiro atoms. The molecule has 0 amide bonds. The first-order valence-corrected chi connectivity index (χ1v) is 5.87. The van der Waals surface area contributed by atoms with Gasteiger partial charge in [0.15, 0.2) is 12.4 Å². The lowest BCUT2D eigenvalue weighted by molar-refractivity contribution is -0.0491. The van der Waals surface area contributed by atoms with E-state index in [0.29, 0.717) is 4.47 Å². The fourth-order valence-corrected chi connectivity index (χ4v) is 2.03. The van der Waals surface area contributed by atoms with Crippen LogP contribution in [0.15, 0.2) is 15.5 Å². The van der Waals surface area contributed by atoms with Gasteiger partial charge in [-0.05, 0) is 15.9 Å². The zero-order valence-corrected chi connectivity index (χ0v) is 10.6. The van der Waals surface area contributed by atoms with E-state index in [0.717, 1.165) is 4.57 Å². The molecule has 7 nitrogen and oxygen atoms in total. The zero-order chi connectivity index (χ0) is 13.4. The number of halogens is 2. The zero-order valence-electron chi connectivity index (χ0n) is 9.03. The van der Waals surface area contributed by atoms with Crippen LogP contribution in [-0.4, -0.2) is 44.8 Å². The highest BCUT2D eigenvalue weighted by Crippen LogP contribution is 2.31. The van der Waals surface area contributed by atoms with Gasteiger partial charge in [0.2, 0.25) is 0 Å². The molecule has 4 N–H and O–H groups in total. The minimum atomic E-state index is -1.84. The highest BCUT2D eigenvalue weighted by Gasteiger charge is 2.45. The van der Waals surface area contributed by atoms with Crippen LogP contribution in [0.4, 0.5) is 10.2 Å². The van der Waals surface area contributed by atoms with E-state index in [9.17, 15) is 14.3 Å². The number of alkyl halides is 1. The summed E-state index contributed by atoms with van der Waals surface area (Å²) in [5.74, 6) is -0.0242. The van der Waals surface area contributed by atoms with Crippen LogP contribution in [-0.2, 0) is 4.74 Å². The van der Waals surface area contributed by atoms with Gasteiger partial charge in [0, 0.05) is 6.20 Å². The third kappa shape index (κ3) is 2.14. The molecule has 0 bridgehead atoms. The van der Waals surface area contributed by atoms with Crippen molar-refractivity contribution in [1.82, 2.24) is 9.55 Å². The van der Waals surface area contributed by atoms with E-state index in [1.54, 1.807) is 0 Å². The van der Waals surface area contributed by atoms with Crippen molar-refractivity contribution in [2.75, 3.05) is 12.3 Å². The molecule has 1 aliphatic heterocycles. The topological polar surface area (TPSA) is 111 Å². The molecule has 0 radical (unpaired) electrons. The summed E-state index contributed by atoms with van der Waals surface area (Å²) in [4.78, 5) is 15.1.